The number of carbonyl (C=O) groups excluding carboxylic acids is 1. The van der Waals surface area contributed by atoms with Gasteiger partial charge in [0.05, 0.1) is 4.92 Å². The van der Waals surface area contributed by atoms with Crippen molar-refractivity contribution in [2.75, 3.05) is 0 Å². The first kappa shape index (κ1) is 15.2. The third kappa shape index (κ3) is 3.12. The summed E-state index contributed by atoms with van der Waals surface area (Å²) in [5.41, 5.74) is 1.34. The van der Waals surface area contributed by atoms with E-state index in [9.17, 15) is 14.9 Å². The van der Waals surface area contributed by atoms with Crippen LogP contribution in [0.4, 0.5) is 5.69 Å². The number of benzene rings is 1. The number of nitro groups is 1. The molecule has 0 saturated heterocycles. The van der Waals surface area contributed by atoms with Crippen molar-refractivity contribution >= 4 is 22.4 Å². The summed E-state index contributed by atoms with van der Waals surface area (Å²) in [7, 11) is 0. The van der Waals surface area contributed by atoms with Gasteiger partial charge in [0.1, 0.15) is 0 Å². The lowest BCUT2D eigenvalue weighted by Crippen LogP contribution is -2.13. The number of hydrogen-bond acceptors (Lipinski definition) is 3. The highest BCUT2D eigenvalue weighted by molar-refractivity contribution is 6.09. The van der Waals surface area contributed by atoms with E-state index >= 15 is 0 Å². The summed E-state index contributed by atoms with van der Waals surface area (Å²) in [6, 6.07) is 4.57. The minimum absolute atomic E-state index is 0.0109. The van der Waals surface area contributed by atoms with Gasteiger partial charge in [-0.3, -0.25) is 14.9 Å². The number of fused-ring (bicyclic) bond motifs is 1. The minimum atomic E-state index is -0.435. The Hall–Kier alpha value is -2.17. The van der Waals surface area contributed by atoms with Gasteiger partial charge in [0, 0.05) is 40.7 Å². The van der Waals surface area contributed by atoms with Crippen molar-refractivity contribution in [3.63, 3.8) is 0 Å². The number of unbranched alkanes of at least 4 members (excludes halogenated alkanes) is 1. The van der Waals surface area contributed by atoms with Crippen molar-refractivity contribution in [1.82, 2.24) is 4.98 Å². The summed E-state index contributed by atoms with van der Waals surface area (Å²) >= 11 is 0. The first-order valence-corrected chi connectivity index (χ1v) is 7.38. The fourth-order valence-corrected chi connectivity index (χ4v) is 2.62. The molecule has 0 amide bonds. The molecular formula is C16H20N2O3. The average Bonchev–Trinajstić information content (AvgIpc) is 2.90. The molecule has 0 aliphatic carbocycles. The maximum absolute atomic E-state index is 12.6. The number of nitrogens with one attached hydrogen (secondary N) is 1. The van der Waals surface area contributed by atoms with E-state index in [0.29, 0.717) is 10.9 Å². The van der Waals surface area contributed by atoms with E-state index in [1.54, 1.807) is 12.3 Å². The van der Waals surface area contributed by atoms with Crippen LogP contribution in [0.15, 0.2) is 24.4 Å². The zero-order valence-corrected chi connectivity index (χ0v) is 12.4. The van der Waals surface area contributed by atoms with Crippen molar-refractivity contribution < 1.29 is 9.72 Å². The van der Waals surface area contributed by atoms with Crippen LogP contribution < -0.4 is 0 Å². The Labute approximate surface area is 123 Å². The van der Waals surface area contributed by atoms with Gasteiger partial charge in [-0.1, -0.05) is 26.7 Å². The van der Waals surface area contributed by atoms with Crippen molar-refractivity contribution in [2.24, 2.45) is 5.92 Å². The molecule has 0 bridgehead atoms. The molecule has 1 N–H and O–H groups in total. The van der Waals surface area contributed by atoms with Crippen LogP contribution in [-0.4, -0.2) is 15.7 Å². The van der Waals surface area contributed by atoms with Crippen LogP contribution >= 0.6 is 0 Å². The molecule has 0 aliphatic heterocycles. The van der Waals surface area contributed by atoms with E-state index in [1.165, 1.54) is 12.1 Å². The Kier molecular flexibility index (Phi) is 4.73. The van der Waals surface area contributed by atoms with E-state index in [4.69, 9.17) is 0 Å². The number of Topliss-reactive ketones (excluding diaryl/α,β-unsaturated/α-hetero) is 1. The number of ketones is 1. The number of H-pyrrole nitrogens is 1. The Morgan fingerprint density at radius 3 is 2.76 bits per heavy atom. The summed E-state index contributed by atoms with van der Waals surface area (Å²) in [5.74, 6) is 0.0703. The van der Waals surface area contributed by atoms with E-state index in [1.807, 2.05) is 6.92 Å². The average molecular weight is 288 g/mol. The molecule has 0 radical (unpaired) electrons. The van der Waals surface area contributed by atoms with E-state index in [-0.39, 0.29) is 17.4 Å². The highest BCUT2D eigenvalue weighted by Gasteiger charge is 2.21. The number of hydrogen-bond donors (Lipinski definition) is 1. The van der Waals surface area contributed by atoms with Crippen LogP contribution in [0.1, 0.15) is 49.9 Å². The maximum atomic E-state index is 12.6. The molecular weight excluding hydrogens is 268 g/mol. The topological polar surface area (TPSA) is 76.0 Å². The largest absolute Gasteiger partial charge is 0.360 e. The van der Waals surface area contributed by atoms with Crippen LogP contribution in [0.2, 0.25) is 0 Å². The Morgan fingerprint density at radius 1 is 1.38 bits per heavy atom. The Bertz CT molecular complexity index is 661. The summed E-state index contributed by atoms with van der Waals surface area (Å²) < 4.78 is 0. The van der Waals surface area contributed by atoms with Gasteiger partial charge in [-0.05, 0) is 18.9 Å². The molecule has 1 heterocycles. The molecule has 21 heavy (non-hydrogen) atoms. The van der Waals surface area contributed by atoms with E-state index in [2.05, 4.69) is 11.9 Å². The van der Waals surface area contributed by atoms with Gasteiger partial charge in [0.25, 0.3) is 5.69 Å². The van der Waals surface area contributed by atoms with Gasteiger partial charge in [-0.15, -0.1) is 0 Å². The molecule has 112 valence electrons. The second-order valence-corrected chi connectivity index (χ2v) is 5.30. The number of aromatic nitrogens is 1. The predicted molar refractivity (Wildman–Crippen MR) is 82.6 cm³/mol. The number of rotatable bonds is 7. The first-order valence-electron chi connectivity index (χ1n) is 7.38. The molecule has 0 aliphatic rings. The molecule has 1 unspecified atom stereocenters. The molecule has 0 spiro atoms. The SMILES string of the molecule is CCCCC(CC)C(=O)c1c[nH]c2ccc([N+](=O)[O-])cc12. The van der Waals surface area contributed by atoms with E-state index in [0.717, 1.165) is 31.2 Å². The van der Waals surface area contributed by atoms with Crippen LogP contribution in [-0.2, 0) is 0 Å². The van der Waals surface area contributed by atoms with Gasteiger partial charge in [-0.25, -0.2) is 0 Å². The molecule has 5 nitrogen and oxygen atoms in total. The van der Waals surface area contributed by atoms with Crippen molar-refractivity contribution in [3.8, 4) is 0 Å². The van der Waals surface area contributed by atoms with Crippen LogP contribution in [0.5, 0.6) is 0 Å². The van der Waals surface area contributed by atoms with Crippen LogP contribution in [0.3, 0.4) is 0 Å². The molecule has 1 aromatic heterocycles. The smallest absolute Gasteiger partial charge is 0.270 e. The Balaban J connectivity index is 2.38. The second kappa shape index (κ2) is 6.52. The lowest BCUT2D eigenvalue weighted by molar-refractivity contribution is -0.384. The molecule has 1 aromatic carbocycles. The number of nitro benzene ring substituents is 1. The Morgan fingerprint density at radius 2 is 2.14 bits per heavy atom. The monoisotopic (exact) mass is 288 g/mol. The summed E-state index contributed by atoms with van der Waals surface area (Å²) in [4.78, 5) is 26.1. The summed E-state index contributed by atoms with van der Waals surface area (Å²) in [5, 5.41) is 11.5. The highest BCUT2D eigenvalue weighted by Crippen LogP contribution is 2.27. The summed E-state index contributed by atoms with van der Waals surface area (Å²) in [6.45, 7) is 4.11. The molecule has 0 saturated carbocycles. The van der Waals surface area contributed by atoms with Gasteiger partial charge >= 0.3 is 0 Å². The lowest BCUT2D eigenvalue weighted by Gasteiger charge is -2.12. The number of non-ortho nitro benzene ring substituents is 1. The summed E-state index contributed by atoms with van der Waals surface area (Å²) in [6.07, 6.45) is 5.41. The van der Waals surface area contributed by atoms with Gasteiger partial charge in [0.15, 0.2) is 5.78 Å². The van der Waals surface area contributed by atoms with Gasteiger partial charge in [-0.2, -0.15) is 0 Å². The number of nitrogens with zero attached hydrogens (tertiary/aromatic N) is 1. The molecule has 1 atom stereocenters. The number of carbonyl (C=O) groups is 1. The number of aromatic amines is 1. The predicted octanol–water partition coefficient (Wildman–Crippen LogP) is 4.48. The molecule has 2 rings (SSSR count). The fourth-order valence-electron chi connectivity index (χ4n) is 2.62. The quantitative estimate of drug-likeness (QED) is 0.463. The molecule has 2 aromatic rings. The van der Waals surface area contributed by atoms with Crippen LogP contribution in [0.25, 0.3) is 10.9 Å². The van der Waals surface area contributed by atoms with E-state index < -0.39 is 4.92 Å². The first-order chi connectivity index (χ1) is 10.1. The maximum Gasteiger partial charge on any atom is 0.270 e. The van der Waals surface area contributed by atoms with Gasteiger partial charge < -0.3 is 4.98 Å². The molecule has 0 fully saturated rings. The van der Waals surface area contributed by atoms with Crippen LogP contribution in [0, 0.1) is 16.0 Å². The minimum Gasteiger partial charge on any atom is -0.360 e. The third-order valence-corrected chi connectivity index (χ3v) is 3.91. The van der Waals surface area contributed by atoms with Crippen molar-refractivity contribution in [1.29, 1.82) is 0 Å². The van der Waals surface area contributed by atoms with Gasteiger partial charge in [0.2, 0.25) is 0 Å². The third-order valence-electron chi connectivity index (χ3n) is 3.91. The second-order valence-electron chi connectivity index (χ2n) is 5.30. The zero-order chi connectivity index (χ0) is 15.4. The zero-order valence-electron chi connectivity index (χ0n) is 12.4. The normalized spacial score (nSPS) is 12.5. The molecule has 5 heteroatoms. The van der Waals surface area contributed by atoms with Crippen molar-refractivity contribution in [2.45, 2.75) is 39.5 Å². The van der Waals surface area contributed by atoms with Crippen molar-refractivity contribution in [3.05, 3.63) is 40.1 Å². The lowest BCUT2D eigenvalue weighted by atomic mass is 9.90. The highest BCUT2D eigenvalue weighted by atomic mass is 16.6. The standard InChI is InChI=1S/C16H20N2O3/c1-3-5-6-11(4-2)16(19)14-10-17-15-8-7-12(18(20)21)9-13(14)15/h7-11,17H,3-6H2,1-2H3. The fraction of sp³-hybridized carbons (Fsp3) is 0.438.